The molecule has 27 heavy (non-hydrogen) atoms. The summed E-state index contributed by atoms with van der Waals surface area (Å²) in [6.45, 7) is 7.62. The zero-order chi connectivity index (χ0) is 21.0. The number of hydrogen-bond donors (Lipinski definition) is 3. The van der Waals surface area contributed by atoms with Gasteiger partial charge in [0.25, 0.3) is 0 Å². The standard InChI is InChI=1S/C16H28N2O4.HO4P.H/c1-5-12(6-2)22-14-9-11(16(20)21-7-3)8-13(17)15(14)18-10(4)19;1-4-5(2)3;/h9,12-15H,5-8,17H2,1-4H3,(H,18,19);1H;. The highest BCUT2D eigenvalue weighted by Crippen LogP contribution is 2.24. The number of ether oxygens (including phenoxy) is 2. The van der Waals surface area contributed by atoms with Crippen LogP contribution < -0.4 is 11.1 Å². The van der Waals surface area contributed by atoms with Crippen molar-refractivity contribution in [1.29, 1.82) is 0 Å². The Labute approximate surface area is 160 Å². The van der Waals surface area contributed by atoms with Crippen LogP contribution in [0.25, 0.3) is 0 Å². The van der Waals surface area contributed by atoms with Crippen LogP contribution in [0.1, 0.15) is 48.4 Å². The van der Waals surface area contributed by atoms with E-state index < -0.39 is 14.0 Å². The van der Waals surface area contributed by atoms with Crippen molar-refractivity contribution in [2.45, 2.75) is 71.2 Å². The highest BCUT2D eigenvalue weighted by Gasteiger charge is 2.35. The SMILES string of the molecule is CCOC(=O)C1=CC(OC(CC)CC)C(NC(C)=O)C(N)C1.O=P(=O)OO.[H]. The zero-order valence-corrected chi connectivity index (χ0v) is 16.9. The van der Waals surface area contributed by atoms with E-state index in [-0.39, 0.29) is 31.5 Å². The Morgan fingerprint density at radius 3 is 2.33 bits per heavy atom. The van der Waals surface area contributed by atoms with Crippen LogP contribution in [0.3, 0.4) is 0 Å². The molecule has 0 fully saturated rings. The molecule has 0 spiro atoms. The molecule has 0 aromatic carbocycles. The van der Waals surface area contributed by atoms with Crippen molar-refractivity contribution in [2.75, 3.05) is 6.61 Å². The predicted molar refractivity (Wildman–Crippen MR) is 97.3 cm³/mol. The average molecular weight is 409 g/mol. The highest BCUT2D eigenvalue weighted by molar-refractivity contribution is 7.24. The number of esters is 1. The van der Waals surface area contributed by atoms with E-state index in [0.29, 0.717) is 18.6 Å². The summed E-state index contributed by atoms with van der Waals surface area (Å²) in [6, 6.07) is -0.719. The van der Waals surface area contributed by atoms with Crippen LogP contribution >= 0.6 is 7.91 Å². The van der Waals surface area contributed by atoms with Gasteiger partial charge in [-0.25, -0.2) is 19.2 Å². The van der Waals surface area contributed by atoms with Crippen LogP contribution in [-0.2, 0) is 32.9 Å². The van der Waals surface area contributed by atoms with E-state index in [1.807, 2.05) is 13.8 Å². The third-order valence-electron chi connectivity index (χ3n) is 3.87. The van der Waals surface area contributed by atoms with Crippen molar-refractivity contribution in [3.05, 3.63) is 11.6 Å². The summed E-state index contributed by atoms with van der Waals surface area (Å²) in [5, 5.41) is 9.89. The molecule has 1 radical (unpaired) electrons. The van der Waals surface area contributed by atoms with E-state index in [9.17, 15) is 9.59 Å². The zero-order valence-electron chi connectivity index (χ0n) is 17.0. The lowest BCUT2D eigenvalue weighted by Gasteiger charge is -2.36. The van der Waals surface area contributed by atoms with Crippen molar-refractivity contribution in [3.8, 4) is 0 Å². The molecule has 0 bridgehead atoms. The largest absolute Gasteiger partial charge is 0.496 e. The minimum atomic E-state index is -3.04. The quantitative estimate of drug-likeness (QED) is 0.236. The first-order valence-corrected chi connectivity index (χ1v) is 9.81. The van der Waals surface area contributed by atoms with Gasteiger partial charge in [-0.2, -0.15) is 0 Å². The van der Waals surface area contributed by atoms with Gasteiger partial charge in [0.05, 0.1) is 24.9 Å². The third-order valence-corrected chi connectivity index (χ3v) is 4.00. The summed E-state index contributed by atoms with van der Waals surface area (Å²) in [5.74, 6) is -0.524. The molecule has 157 valence electrons. The Morgan fingerprint density at radius 2 is 1.93 bits per heavy atom. The summed E-state index contributed by atoms with van der Waals surface area (Å²) < 4.78 is 31.7. The van der Waals surface area contributed by atoms with E-state index in [0.717, 1.165) is 12.8 Å². The first-order chi connectivity index (χ1) is 12.7. The van der Waals surface area contributed by atoms with Gasteiger partial charge in [-0.3, -0.25) is 4.79 Å². The van der Waals surface area contributed by atoms with E-state index in [1.54, 1.807) is 13.0 Å². The normalized spacial score (nSPS) is 21.6. The summed E-state index contributed by atoms with van der Waals surface area (Å²) in [7, 11) is -3.04. The summed E-state index contributed by atoms with van der Waals surface area (Å²) in [4.78, 5) is 23.4. The number of amides is 1. The molecule has 0 aliphatic heterocycles. The second kappa shape index (κ2) is 13.6. The smallest absolute Gasteiger partial charge is 0.463 e. The number of nitrogens with one attached hydrogen (secondary N) is 1. The molecule has 1 rings (SSSR count). The van der Waals surface area contributed by atoms with Gasteiger partial charge in [-0.05, 0) is 32.3 Å². The minimum absolute atomic E-state index is 0. The Morgan fingerprint density at radius 1 is 1.37 bits per heavy atom. The van der Waals surface area contributed by atoms with Gasteiger partial charge in [0.15, 0.2) is 0 Å². The van der Waals surface area contributed by atoms with Crippen molar-refractivity contribution in [3.63, 3.8) is 0 Å². The molecule has 10 nitrogen and oxygen atoms in total. The lowest BCUT2D eigenvalue weighted by atomic mass is 9.88. The van der Waals surface area contributed by atoms with E-state index in [1.165, 1.54) is 6.92 Å². The molecule has 0 aromatic rings. The van der Waals surface area contributed by atoms with Crippen LogP contribution in [0, 0.1) is 0 Å². The Kier molecular flexibility index (Phi) is 12.8. The maximum atomic E-state index is 12.0. The summed E-state index contributed by atoms with van der Waals surface area (Å²) in [6.07, 6.45) is 3.48. The number of nitrogens with two attached hydrogens (primary N) is 1. The summed E-state index contributed by atoms with van der Waals surface area (Å²) >= 11 is 0. The molecule has 4 N–H and O–H groups in total. The van der Waals surface area contributed by atoms with E-state index >= 15 is 0 Å². The maximum absolute atomic E-state index is 12.0. The van der Waals surface area contributed by atoms with Gasteiger partial charge in [-0.1, -0.05) is 13.8 Å². The molecule has 0 heterocycles. The molecule has 1 aliphatic carbocycles. The van der Waals surface area contributed by atoms with Crippen molar-refractivity contribution in [2.24, 2.45) is 5.73 Å². The molecular weight excluding hydrogens is 379 g/mol. The highest BCUT2D eigenvalue weighted by atomic mass is 31.1. The van der Waals surface area contributed by atoms with Gasteiger partial charge < -0.3 is 20.5 Å². The van der Waals surface area contributed by atoms with Crippen LogP contribution in [0.4, 0.5) is 0 Å². The minimum Gasteiger partial charge on any atom is -0.463 e. The topological polar surface area (TPSA) is 154 Å². The fourth-order valence-electron chi connectivity index (χ4n) is 2.62. The number of carbonyl (C=O) groups excluding carboxylic acids is 2. The molecule has 0 aromatic heterocycles. The predicted octanol–water partition coefficient (Wildman–Crippen LogP) is 1.96. The van der Waals surface area contributed by atoms with Crippen molar-refractivity contribution in [1.82, 2.24) is 5.32 Å². The third kappa shape index (κ3) is 9.78. The summed E-state index contributed by atoms with van der Waals surface area (Å²) in [5.41, 5.74) is 6.68. The average Bonchev–Trinajstić information content (AvgIpc) is 2.62. The van der Waals surface area contributed by atoms with Gasteiger partial charge in [0.1, 0.15) is 0 Å². The molecule has 1 aliphatic rings. The van der Waals surface area contributed by atoms with Gasteiger partial charge >= 0.3 is 13.9 Å². The van der Waals surface area contributed by atoms with Gasteiger partial charge in [0.2, 0.25) is 5.91 Å². The molecule has 11 heteroatoms. The number of hydrogen-bond acceptors (Lipinski definition) is 9. The molecule has 0 saturated heterocycles. The number of rotatable bonds is 8. The molecule has 3 atom stereocenters. The molecular formula is C16H30N2O8P. The lowest BCUT2D eigenvalue weighted by molar-refractivity contribution is -0.139. The van der Waals surface area contributed by atoms with Crippen LogP contribution in [0.5, 0.6) is 0 Å². The number of carbonyl (C=O) groups is 2. The van der Waals surface area contributed by atoms with Crippen LogP contribution in [0.15, 0.2) is 11.6 Å². The van der Waals surface area contributed by atoms with Crippen LogP contribution in [-0.4, -0.2) is 48.0 Å². The first kappa shape index (κ1) is 25.4. The second-order valence-electron chi connectivity index (χ2n) is 5.85. The Balaban J connectivity index is 0. The monoisotopic (exact) mass is 409 g/mol. The van der Waals surface area contributed by atoms with Crippen LogP contribution in [0.2, 0.25) is 0 Å². The Bertz CT molecular complexity index is 573. The molecule has 3 unspecified atom stereocenters. The van der Waals surface area contributed by atoms with Crippen molar-refractivity contribution < 1.29 is 39.6 Å². The fourth-order valence-corrected chi connectivity index (χ4v) is 2.62. The van der Waals surface area contributed by atoms with Gasteiger partial charge in [0, 0.05) is 20.0 Å². The first-order valence-electron chi connectivity index (χ1n) is 8.71. The van der Waals surface area contributed by atoms with E-state index in [4.69, 9.17) is 29.6 Å². The molecule has 0 saturated carbocycles. The van der Waals surface area contributed by atoms with E-state index in [2.05, 4.69) is 9.99 Å². The fraction of sp³-hybridized carbons (Fsp3) is 0.750. The molecule has 1 amide bonds. The maximum Gasteiger partial charge on any atom is 0.496 e. The van der Waals surface area contributed by atoms with Crippen molar-refractivity contribution >= 4 is 19.8 Å². The van der Waals surface area contributed by atoms with Gasteiger partial charge in [-0.15, -0.1) is 4.67 Å². The Hall–Kier alpha value is -1.58. The second-order valence-corrected chi connectivity index (χ2v) is 6.46. The lowest BCUT2D eigenvalue weighted by Crippen LogP contribution is -2.57.